The molecule has 0 spiro atoms. The minimum absolute atomic E-state index is 0.150. The van der Waals surface area contributed by atoms with Gasteiger partial charge in [0, 0.05) is 31.0 Å². The first-order valence-electron chi connectivity index (χ1n) is 8.55. The molecule has 2 aliphatic rings. The zero-order chi connectivity index (χ0) is 18.3. The van der Waals surface area contributed by atoms with Gasteiger partial charge in [0.15, 0.2) is 0 Å². The Hall–Kier alpha value is -2.74. The number of rotatable bonds is 3. The van der Waals surface area contributed by atoms with Gasteiger partial charge in [-0.05, 0) is 12.5 Å². The van der Waals surface area contributed by atoms with Crippen LogP contribution >= 0.6 is 0 Å². The van der Waals surface area contributed by atoms with E-state index in [1.807, 2.05) is 6.07 Å². The number of aliphatic carboxylic acids is 1. The molecule has 0 radical (unpaired) electrons. The summed E-state index contributed by atoms with van der Waals surface area (Å²) in [6, 6.07) is 7.06. The van der Waals surface area contributed by atoms with E-state index in [9.17, 15) is 19.5 Å². The molecule has 2 atom stereocenters. The summed E-state index contributed by atoms with van der Waals surface area (Å²) in [5.74, 6) is -1.41. The molecular formula is C18H19N3O5. The maximum atomic E-state index is 12.7. The summed E-state index contributed by atoms with van der Waals surface area (Å²) in [5, 5.41) is 15.0. The summed E-state index contributed by atoms with van der Waals surface area (Å²) in [7, 11) is 0. The van der Waals surface area contributed by atoms with Gasteiger partial charge in [0.2, 0.25) is 5.91 Å². The van der Waals surface area contributed by atoms with Gasteiger partial charge in [-0.15, -0.1) is 0 Å². The predicted octanol–water partition coefficient (Wildman–Crippen LogP) is 0.346. The third-order valence-electron chi connectivity index (χ3n) is 5.53. The zero-order valence-corrected chi connectivity index (χ0v) is 14.1. The highest BCUT2D eigenvalue weighted by atomic mass is 16.5. The van der Waals surface area contributed by atoms with Crippen molar-refractivity contribution in [2.75, 3.05) is 26.3 Å². The van der Waals surface area contributed by atoms with Crippen LogP contribution in [0, 0.1) is 11.3 Å². The lowest BCUT2D eigenvalue weighted by Crippen LogP contribution is -2.45. The molecule has 0 saturated carbocycles. The number of amides is 1. The third-order valence-corrected chi connectivity index (χ3v) is 5.53. The first-order chi connectivity index (χ1) is 12.5. The highest BCUT2D eigenvalue weighted by molar-refractivity contribution is 5.82. The lowest BCUT2D eigenvalue weighted by molar-refractivity contribution is -0.157. The van der Waals surface area contributed by atoms with Crippen molar-refractivity contribution >= 4 is 22.6 Å². The molecule has 2 fully saturated rings. The minimum atomic E-state index is -0.949. The van der Waals surface area contributed by atoms with E-state index in [0.717, 1.165) is 10.1 Å². The lowest BCUT2D eigenvalue weighted by atomic mass is 9.74. The lowest BCUT2D eigenvalue weighted by Gasteiger charge is -2.33. The molecule has 0 unspecified atom stereocenters. The summed E-state index contributed by atoms with van der Waals surface area (Å²) in [6.45, 7) is 0.999. The highest BCUT2D eigenvalue weighted by Crippen LogP contribution is 2.42. The molecule has 0 aliphatic carbocycles. The van der Waals surface area contributed by atoms with Gasteiger partial charge in [-0.2, -0.15) is 5.10 Å². The molecule has 136 valence electrons. The second-order valence-corrected chi connectivity index (χ2v) is 6.95. The van der Waals surface area contributed by atoms with Crippen molar-refractivity contribution in [3.63, 3.8) is 0 Å². The van der Waals surface area contributed by atoms with Crippen molar-refractivity contribution in [3.05, 3.63) is 40.8 Å². The molecule has 4 rings (SSSR count). The topological polar surface area (TPSA) is 102 Å². The Morgan fingerprint density at radius 3 is 2.92 bits per heavy atom. The van der Waals surface area contributed by atoms with Gasteiger partial charge in [0.25, 0.3) is 5.56 Å². The number of fused-ring (bicyclic) bond motifs is 2. The van der Waals surface area contributed by atoms with Crippen molar-refractivity contribution in [1.82, 2.24) is 14.7 Å². The van der Waals surface area contributed by atoms with Gasteiger partial charge in [-0.1, -0.05) is 18.2 Å². The summed E-state index contributed by atoms with van der Waals surface area (Å²) < 4.78 is 6.54. The van der Waals surface area contributed by atoms with E-state index < -0.39 is 11.4 Å². The molecule has 1 N–H and O–H groups in total. The Balaban J connectivity index is 1.57. The molecule has 2 aliphatic heterocycles. The van der Waals surface area contributed by atoms with Crippen LogP contribution in [0.4, 0.5) is 0 Å². The molecule has 3 heterocycles. The second kappa shape index (κ2) is 6.21. The Bertz CT molecular complexity index is 940. The predicted molar refractivity (Wildman–Crippen MR) is 91.6 cm³/mol. The molecule has 1 amide bonds. The van der Waals surface area contributed by atoms with Crippen LogP contribution in [0.1, 0.15) is 6.42 Å². The fourth-order valence-corrected chi connectivity index (χ4v) is 3.96. The number of ether oxygens (including phenoxy) is 1. The van der Waals surface area contributed by atoms with E-state index in [2.05, 4.69) is 5.10 Å². The van der Waals surface area contributed by atoms with Gasteiger partial charge in [-0.3, -0.25) is 14.4 Å². The average Bonchev–Trinajstić information content (AvgIpc) is 3.05. The molecule has 8 nitrogen and oxygen atoms in total. The first-order valence-corrected chi connectivity index (χ1v) is 8.55. The zero-order valence-electron chi connectivity index (χ0n) is 14.1. The number of hydrogen-bond donors (Lipinski definition) is 1. The molecule has 26 heavy (non-hydrogen) atoms. The van der Waals surface area contributed by atoms with Crippen LogP contribution in [0.5, 0.6) is 0 Å². The van der Waals surface area contributed by atoms with E-state index in [1.165, 1.54) is 4.90 Å². The van der Waals surface area contributed by atoms with E-state index >= 15 is 0 Å². The Morgan fingerprint density at radius 1 is 1.35 bits per heavy atom. The Morgan fingerprint density at radius 2 is 2.15 bits per heavy atom. The van der Waals surface area contributed by atoms with Gasteiger partial charge >= 0.3 is 5.97 Å². The number of nitrogens with zero attached hydrogens (tertiary/aromatic N) is 3. The van der Waals surface area contributed by atoms with E-state index in [4.69, 9.17) is 4.74 Å². The van der Waals surface area contributed by atoms with Gasteiger partial charge in [-0.25, -0.2) is 4.68 Å². The summed E-state index contributed by atoms with van der Waals surface area (Å²) >= 11 is 0. The van der Waals surface area contributed by atoms with E-state index in [0.29, 0.717) is 31.6 Å². The van der Waals surface area contributed by atoms with Crippen LogP contribution in [0.3, 0.4) is 0 Å². The first kappa shape index (κ1) is 16.7. The number of carbonyl (C=O) groups excluding carboxylic acids is 1. The maximum absolute atomic E-state index is 12.7. The third kappa shape index (κ3) is 2.57. The summed E-state index contributed by atoms with van der Waals surface area (Å²) in [5.41, 5.74) is -1.28. The fraction of sp³-hybridized carbons (Fsp3) is 0.444. The van der Waals surface area contributed by atoms with Crippen LogP contribution in [-0.4, -0.2) is 58.0 Å². The molecular weight excluding hydrogens is 338 g/mol. The Labute approximate surface area is 149 Å². The van der Waals surface area contributed by atoms with Crippen molar-refractivity contribution in [1.29, 1.82) is 0 Å². The smallest absolute Gasteiger partial charge is 0.311 e. The molecule has 2 saturated heterocycles. The minimum Gasteiger partial charge on any atom is -0.481 e. The standard InChI is InChI=1S/C18H19N3O5/c22-15(9-21-16(23)14-4-2-1-3-12(14)7-19-21)20-8-13-10-26-6-5-18(13,11-20)17(24)25/h1-4,7,13H,5-6,8-11H2,(H,24,25)/t13-,18+/m0/s1. The quantitative estimate of drug-likeness (QED) is 0.850. The van der Waals surface area contributed by atoms with Crippen molar-refractivity contribution in [2.45, 2.75) is 13.0 Å². The monoisotopic (exact) mass is 357 g/mol. The van der Waals surface area contributed by atoms with Crippen molar-refractivity contribution in [3.8, 4) is 0 Å². The largest absolute Gasteiger partial charge is 0.481 e. The average molecular weight is 357 g/mol. The van der Waals surface area contributed by atoms with Crippen LogP contribution in [0.2, 0.25) is 0 Å². The number of benzene rings is 1. The summed E-state index contributed by atoms with van der Waals surface area (Å²) in [6.07, 6.45) is 1.95. The number of hydrogen-bond acceptors (Lipinski definition) is 5. The van der Waals surface area contributed by atoms with E-state index in [1.54, 1.807) is 24.4 Å². The van der Waals surface area contributed by atoms with Crippen molar-refractivity contribution in [2.24, 2.45) is 11.3 Å². The fourth-order valence-electron chi connectivity index (χ4n) is 3.96. The number of aromatic nitrogens is 2. The number of carboxylic acid groups (broad SMARTS) is 1. The molecule has 1 aromatic carbocycles. The molecule has 1 aromatic heterocycles. The second-order valence-electron chi connectivity index (χ2n) is 6.95. The van der Waals surface area contributed by atoms with Gasteiger partial charge in [0.05, 0.1) is 23.6 Å². The van der Waals surface area contributed by atoms with Gasteiger partial charge in [0.1, 0.15) is 6.54 Å². The maximum Gasteiger partial charge on any atom is 0.311 e. The molecule has 0 bridgehead atoms. The molecule has 2 aromatic rings. The number of carbonyl (C=O) groups is 2. The Kier molecular flexibility index (Phi) is 3.99. The highest BCUT2D eigenvalue weighted by Gasteiger charge is 2.54. The summed E-state index contributed by atoms with van der Waals surface area (Å²) in [4.78, 5) is 38.6. The number of likely N-dealkylation sites (tertiary alicyclic amines) is 1. The SMILES string of the molecule is O=C(Cn1ncc2ccccc2c1=O)N1C[C@H]2COCC[C@@]2(C(=O)O)C1. The van der Waals surface area contributed by atoms with Crippen LogP contribution < -0.4 is 5.56 Å². The van der Waals surface area contributed by atoms with Crippen LogP contribution in [-0.2, 0) is 20.9 Å². The van der Waals surface area contributed by atoms with Crippen LogP contribution in [0.15, 0.2) is 35.3 Å². The van der Waals surface area contributed by atoms with Crippen LogP contribution in [0.25, 0.3) is 10.8 Å². The van der Waals surface area contributed by atoms with Crippen molar-refractivity contribution < 1.29 is 19.4 Å². The normalized spacial score (nSPS) is 25.2. The van der Waals surface area contributed by atoms with E-state index in [-0.39, 0.29) is 30.5 Å². The molecule has 8 heteroatoms. The number of carboxylic acids is 1. The van der Waals surface area contributed by atoms with Gasteiger partial charge < -0.3 is 14.7 Å².